The summed E-state index contributed by atoms with van der Waals surface area (Å²) in [5.74, 6) is 0.954. The van der Waals surface area contributed by atoms with E-state index in [0.29, 0.717) is 26.7 Å². The van der Waals surface area contributed by atoms with Gasteiger partial charge < -0.3 is 9.47 Å². The Hall–Kier alpha value is -2.65. The van der Waals surface area contributed by atoms with Gasteiger partial charge in [0.1, 0.15) is 11.0 Å². The summed E-state index contributed by atoms with van der Waals surface area (Å²) >= 11 is 7.09. The minimum atomic E-state index is -0.532. The number of carbonyl (C=O) groups excluding carboxylic acids is 1. The summed E-state index contributed by atoms with van der Waals surface area (Å²) in [5.41, 5.74) is 0.813. The van der Waals surface area contributed by atoms with Gasteiger partial charge in [-0.3, -0.25) is 14.8 Å². The van der Waals surface area contributed by atoms with Crippen LogP contribution in [-0.4, -0.2) is 40.1 Å². The lowest BCUT2D eigenvalue weighted by Gasteiger charge is -2.10. The van der Waals surface area contributed by atoms with Crippen LogP contribution >= 0.6 is 22.9 Å². The van der Waals surface area contributed by atoms with Crippen LogP contribution in [0.1, 0.15) is 13.0 Å². The molecule has 0 saturated carbocycles. The summed E-state index contributed by atoms with van der Waals surface area (Å²) in [6.45, 7) is 1.72. The van der Waals surface area contributed by atoms with Gasteiger partial charge in [-0.1, -0.05) is 22.9 Å². The van der Waals surface area contributed by atoms with Gasteiger partial charge in [0.25, 0.3) is 5.91 Å². The zero-order valence-electron chi connectivity index (χ0n) is 14.3. The Labute approximate surface area is 158 Å². The standard InChI is InChI=1S/C16H16ClN5O3S/c1-9(22-8-11(17)7-18-22)14(23)19-16-21-20-15(26-16)10-4-5-12(24-2)13(6-10)25-3/h4-9H,1-3H3,(H,19,21,23)/t9-/m0/s1. The van der Waals surface area contributed by atoms with Crippen molar-refractivity contribution in [3.8, 4) is 22.1 Å². The van der Waals surface area contributed by atoms with Gasteiger partial charge in [-0.25, -0.2) is 0 Å². The van der Waals surface area contributed by atoms with Crippen LogP contribution in [0, 0.1) is 0 Å². The van der Waals surface area contributed by atoms with Crippen LogP contribution in [-0.2, 0) is 4.79 Å². The molecule has 0 fully saturated rings. The molecule has 0 unspecified atom stereocenters. The van der Waals surface area contributed by atoms with Gasteiger partial charge in [0.15, 0.2) is 11.5 Å². The van der Waals surface area contributed by atoms with Crippen molar-refractivity contribution in [2.24, 2.45) is 0 Å². The summed E-state index contributed by atoms with van der Waals surface area (Å²) in [5, 5.41) is 16.4. The Morgan fingerprint density at radius 2 is 2.04 bits per heavy atom. The molecule has 0 spiro atoms. The van der Waals surface area contributed by atoms with Crippen molar-refractivity contribution in [1.29, 1.82) is 0 Å². The van der Waals surface area contributed by atoms with Crippen LogP contribution in [0.25, 0.3) is 10.6 Å². The molecule has 1 atom stereocenters. The van der Waals surface area contributed by atoms with E-state index in [-0.39, 0.29) is 5.91 Å². The number of benzene rings is 1. The largest absolute Gasteiger partial charge is 0.493 e. The molecule has 0 aliphatic rings. The Morgan fingerprint density at radius 3 is 2.69 bits per heavy atom. The van der Waals surface area contributed by atoms with Gasteiger partial charge in [0, 0.05) is 11.8 Å². The maximum absolute atomic E-state index is 12.3. The highest BCUT2D eigenvalue weighted by molar-refractivity contribution is 7.18. The molecule has 0 bridgehead atoms. The molecule has 1 N–H and O–H groups in total. The Kier molecular flexibility index (Phi) is 5.38. The maximum Gasteiger partial charge on any atom is 0.250 e. The van der Waals surface area contributed by atoms with Crippen molar-refractivity contribution in [3.05, 3.63) is 35.6 Å². The minimum absolute atomic E-state index is 0.264. The topological polar surface area (TPSA) is 91.2 Å². The summed E-state index contributed by atoms with van der Waals surface area (Å²) in [4.78, 5) is 12.3. The quantitative estimate of drug-likeness (QED) is 0.691. The number of methoxy groups -OCH3 is 2. The highest BCUT2D eigenvalue weighted by Gasteiger charge is 2.18. The molecule has 10 heteroatoms. The van der Waals surface area contributed by atoms with Crippen LogP contribution in [0.4, 0.5) is 5.13 Å². The van der Waals surface area contributed by atoms with Crippen molar-refractivity contribution in [3.63, 3.8) is 0 Å². The molecule has 0 saturated heterocycles. The van der Waals surface area contributed by atoms with Crippen molar-refractivity contribution < 1.29 is 14.3 Å². The monoisotopic (exact) mass is 393 g/mol. The third-order valence-electron chi connectivity index (χ3n) is 3.63. The first-order valence-corrected chi connectivity index (χ1v) is 8.77. The fourth-order valence-corrected chi connectivity index (χ4v) is 3.10. The van der Waals surface area contributed by atoms with Gasteiger partial charge in [-0.05, 0) is 25.1 Å². The molecule has 136 valence electrons. The second-order valence-corrected chi connectivity index (χ2v) is 6.70. The molecule has 8 nitrogen and oxygen atoms in total. The molecule has 0 aliphatic heterocycles. The summed E-state index contributed by atoms with van der Waals surface area (Å²) in [6.07, 6.45) is 3.06. The number of hydrogen-bond donors (Lipinski definition) is 1. The number of aromatic nitrogens is 4. The van der Waals surface area contributed by atoms with E-state index in [4.69, 9.17) is 21.1 Å². The summed E-state index contributed by atoms with van der Waals surface area (Å²) in [7, 11) is 3.14. The molecule has 26 heavy (non-hydrogen) atoms. The van der Waals surface area contributed by atoms with E-state index in [1.165, 1.54) is 22.2 Å². The average Bonchev–Trinajstić information content (AvgIpc) is 3.29. The highest BCUT2D eigenvalue weighted by atomic mass is 35.5. The predicted octanol–water partition coefficient (Wildman–Crippen LogP) is 3.27. The lowest BCUT2D eigenvalue weighted by molar-refractivity contribution is -0.119. The highest BCUT2D eigenvalue weighted by Crippen LogP contribution is 2.34. The SMILES string of the molecule is COc1ccc(-c2nnc(NC(=O)[C@H](C)n3cc(Cl)cn3)s2)cc1OC. The fraction of sp³-hybridized carbons (Fsp3) is 0.250. The molecule has 3 rings (SSSR count). The lowest BCUT2D eigenvalue weighted by Crippen LogP contribution is -2.23. The molecule has 0 radical (unpaired) electrons. The Bertz CT molecular complexity index is 926. The number of anilines is 1. The van der Waals surface area contributed by atoms with Crippen LogP contribution in [0.2, 0.25) is 5.02 Å². The number of nitrogens with zero attached hydrogens (tertiary/aromatic N) is 4. The number of ether oxygens (including phenoxy) is 2. The van der Waals surface area contributed by atoms with Crippen molar-refractivity contribution in [2.45, 2.75) is 13.0 Å². The third-order valence-corrected chi connectivity index (χ3v) is 4.71. The van der Waals surface area contributed by atoms with Crippen LogP contribution in [0.15, 0.2) is 30.6 Å². The molecule has 2 heterocycles. The van der Waals surface area contributed by atoms with E-state index in [9.17, 15) is 4.79 Å². The van der Waals surface area contributed by atoms with Crippen LogP contribution in [0.3, 0.4) is 0 Å². The molecule has 0 aliphatic carbocycles. The number of halogens is 1. The molecule has 1 aromatic carbocycles. The average molecular weight is 394 g/mol. The fourth-order valence-electron chi connectivity index (χ4n) is 2.22. The number of carbonyl (C=O) groups is 1. The van der Waals surface area contributed by atoms with E-state index in [2.05, 4.69) is 20.6 Å². The second kappa shape index (κ2) is 7.71. The zero-order valence-corrected chi connectivity index (χ0v) is 15.8. The van der Waals surface area contributed by atoms with Gasteiger partial charge >= 0.3 is 0 Å². The maximum atomic E-state index is 12.3. The van der Waals surface area contributed by atoms with E-state index >= 15 is 0 Å². The molecular formula is C16H16ClN5O3S. The van der Waals surface area contributed by atoms with Crippen molar-refractivity contribution >= 4 is 34.0 Å². The van der Waals surface area contributed by atoms with Gasteiger partial charge in [0.05, 0.1) is 25.4 Å². The minimum Gasteiger partial charge on any atom is -0.493 e. The predicted molar refractivity (Wildman–Crippen MR) is 99.0 cm³/mol. The number of hydrogen-bond acceptors (Lipinski definition) is 7. The van der Waals surface area contributed by atoms with Crippen LogP contribution in [0.5, 0.6) is 11.5 Å². The normalized spacial score (nSPS) is 11.8. The van der Waals surface area contributed by atoms with Crippen molar-refractivity contribution in [1.82, 2.24) is 20.0 Å². The molecule has 1 amide bonds. The zero-order chi connectivity index (χ0) is 18.7. The first kappa shape index (κ1) is 18.2. The second-order valence-electron chi connectivity index (χ2n) is 5.29. The van der Waals surface area contributed by atoms with Gasteiger partial charge in [0.2, 0.25) is 5.13 Å². The Balaban J connectivity index is 1.74. The number of amides is 1. The van der Waals surface area contributed by atoms with Crippen molar-refractivity contribution in [2.75, 3.05) is 19.5 Å². The smallest absolute Gasteiger partial charge is 0.250 e. The lowest BCUT2D eigenvalue weighted by atomic mass is 10.2. The summed E-state index contributed by atoms with van der Waals surface area (Å²) in [6, 6.07) is 4.91. The first-order chi connectivity index (χ1) is 12.5. The first-order valence-electron chi connectivity index (χ1n) is 7.58. The van der Waals surface area contributed by atoms with Crippen LogP contribution < -0.4 is 14.8 Å². The van der Waals surface area contributed by atoms with E-state index in [1.54, 1.807) is 39.5 Å². The molecular weight excluding hydrogens is 378 g/mol. The van der Waals surface area contributed by atoms with E-state index in [1.807, 2.05) is 6.07 Å². The molecule has 3 aromatic rings. The van der Waals surface area contributed by atoms with Gasteiger partial charge in [-0.15, -0.1) is 10.2 Å². The summed E-state index contributed by atoms with van der Waals surface area (Å²) < 4.78 is 12.0. The number of nitrogens with one attached hydrogen (secondary N) is 1. The molecule has 2 aromatic heterocycles. The number of rotatable bonds is 6. The van der Waals surface area contributed by atoms with E-state index in [0.717, 1.165) is 5.56 Å². The van der Waals surface area contributed by atoms with E-state index < -0.39 is 6.04 Å². The third kappa shape index (κ3) is 3.78. The van der Waals surface area contributed by atoms with Gasteiger partial charge in [-0.2, -0.15) is 5.10 Å². The Morgan fingerprint density at radius 1 is 1.27 bits per heavy atom.